The first-order chi connectivity index (χ1) is 9.61. The number of benzene rings is 1. The lowest BCUT2D eigenvalue weighted by atomic mass is 10.3. The molecule has 5 heteroatoms. The SMILES string of the molecule is CCOc1ccc(NC(=O)NCC#CCN(C)C)cc1. The molecular formula is C15H21N3O2. The quantitative estimate of drug-likeness (QED) is 0.805. The number of carbonyl (C=O) groups excluding carboxylic acids is 1. The van der Waals surface area contributed by atoms with Crippen LogP contribution in [0.15, 0.2) is 24.3 Å². The fourth-order valence-corrected chi connectivity index (χ4v) is 1.38. The molecule has 0 bridgehead atoms. The molecule has 0 spiro atoms. The van der Waals surface area contributed by atoms with Gasteiger partial charge in [0.25, 0.3) is 0 Å². The van der Waals surface area contributed by atoms with Gasteiger partial charge in [-0.05, 0) is 45.3 Å². The molecule has 0 unspecified atom stereocenters. The number of anilines is 1. The predicted octanol–water partition coefficient (Wildman–Crippen LogP) is 1.77. The van der Waals surface area contributed by atoms with E-state index in [9.17, 15) is 4.79 Å². The molecule has 0 saturated carbocycles. The van der Waals surface area contributed by atoms with Gasteiger partial charge in [0.15, 0.2) is 0 Å². The van der Waals surface area contributed by atoms with E-state index < -0.39 is 0 Å². The fourth-order valence-electron chi connectivity index (χ4n) is 1.38. The Hall–Kier alpha value is -2.19. The van der Waals surface area contributed by atoms with E-state index in [0.29, 0.717) is 25.4 Å². The smallest absolute Gasteiger partial charge is 0.319 e. The van der Waals surface area contributed by atoms with E-state index in [2.05, 4.69) is 22.5 Å². The van der Waals surface area contributed by atoms with Gasteiger partial charge in [-0.1, -0.05) is 11.8 Å². The van der Waals surface area contributed by atoms with Gasteiger partial charge in [0.05, 0.1) is 19.7 Å². The van der Waals surface area contributed by atoms with Crippen LogP contribution in [-0.2, 0) is 0 Å². The van der Waals surface area contributed by atoms with Crippen molar-refractivity contribution in [3.63, 3.8) is 0 Å². The van der Waals surface area contributed by atoms with E-state index in [0.717, 1.165) is 5.75 Å². The first kappa shape index (κ1) is 15.9. The highest BCUT2D eigenvalue weighted by Crippen LogP contribution is 2.15. The van der Waals surface area contributed by atoms with Crippen LogP contribution in [0.25, 0.3) is 0 Å². The van der Waals surface area contributed by atoms with Crippen molar-refractivity contribution in [2.75, 3.05) is 39.1 Å². The van der Waals surface area contributed by atoms with Gasteiger partial charge >= 0.3 is 6.03 Å². The Morgan fingerprint density at radius 2 is 1.95 bits per heavy atom. The molecule has 0 saturated heterocycles. The number of urea groups is 1. The normalized spacial score (nSPS) is 9.60. The molecule has 1 aromatic carbocycles. The number of ether oxygens (including phenoxy) is 1. The van der Waals surface area contributed by atoms with Crippen molar-refractivity contribution in [1.29, 1.82) is 0 Å². The number of rotatable bonds is 5. The van der Waals surface area contributed by atoms with E-state index in [1.807, 2.05) is 38.1 Å². The summed E-state index contributed by atoms with van der Waals surface area (Å²) in [7, 11) is 3.89. The van der Waals surface area contributed by atoms with Crippen molar-refractivity contribution in [2.45, 2.75) is 6.92 Å². The third-order valence-corrected chi connectivity index (χ3v) is 2.28. The van der Waals surface area contributed by atoms with Crippen molar-refractivity contribution < 1.29 is 9.53 Å². The van der Waals surface area contributed by atoms with Crippen LogP contribution in [0.5, 0.6) is 5.75 Å². The molecular weight excluding hydrogens is 254 g/mol. The Morgan fingerprint density at radius 1 is 1.25 bits per heavy atom. The van der Waals surface area contributed by atoms with Crippen molar-refractivity contribution in [3.8, 4) is 17.6 Å². The van der Waals surface area contributed by atoms with Crippen LogP contribution < -0.4 is 15.4 Å². The first-order valence-corrected chi connectivity index (χ1v) is 6.50. The van der Waals surface area contributed by atoms with Crippen molar-refractivity contribution in [3.05, 3.63) is 24.3 Å². The lowest BCUT2D eigenvalue weighted by molar-refractivity contribution is 0.253. The summed E-state index contributed by atoms with van der Waals surface area (Å²) in [6.07, 6.45) is 0. The Morgan fingerprint density at radius 3 is 2.55 bits per heavy atom. The minimum Gasteiger partial charge on any atom is -0.494 e. The molecule has 0 aliphatic rings. The second kappa shape index (κ2) is 8.83. The highest BCUT2D eigenvalue weighted by atomic mass is 16.5. The summed E-state index contributed by atoms with van der Waals surface area (Å²) in [5.74, 6) is 6.60. The number of hydrogen-bond acceptors (Lipinski definition) is 3. The largest absolute Gasteiger partial charge is 0.494 e. The van der Waals surface area contributed by atoms with Crippen LogP contribution in [0.2, 0.25) is 0 Å². The van der Waals surface area contributed by atoms with Gasteiger partial charge in [-0.3, -0.25) is 4.90 Å². The van der Waals surface area contributed by atoms with Crippen LogP contribution in [0.3, 0.4) is 0 Å². The zero-order chi connectivity index (χ0) is 14.8. The van der Waals surface area contributed by atoms with E-state index in [1.165, 1.54) is 0 Å². The lowest BCUT2D eigenvalue weighted by Crippen LogP contribution is -2.29. The van der Waals surface area contributed by atoms with E-state index >= 15 is 0 Å². The summed E-state index contributed by atoms with van der Waals surface area (Å²) < 4.78 is 5.33. The van der Waals surface area contributed by atoms with E-state index in [-0.39, 0.29) is 6.03 Å². The second-order valence-electron chi connectivity index (χ2n) is 4.36. The molecule has 0 aromatic heterocycles. The topological polar surface area (TPSA) is 53.6 Å². The second-order valence-corrected chi connectivity index (χ2v) is 4.36. The van der Waals surface area contributed by atoms with Crippen LogP contribution in [-0.4, -0.2) is 44.7 Å². The van der Waals surface area contributed by atoms with Gasteiger partial charge in [0.1, 0.15) is 5.75 Å². The Balaban J connectivity index is 2.32. The van der Waals surface area contributed by atoms with Crippen LogP contribution in [0.4, 0.5) is 10.5 Å². The zero-order valence-corrected chi connectivity index (χ0v) is 12.2. The molecule has 2 N–H and O–H groups in total. The van der Waals surface area contributed by atoms with Gasteiger partial charge in [0, 0.05) is 5.69 Å². The average molecular weight is 275 g/mol. The van der Waals surface area contributed by atoms with Gasteiger partial charge < -0.3 is 15.4 Å². The van der Waals surface area contributed by atoms with Crippen molar-refractivity contribution >= 4 is 11.7 Å². The number of hydrogen-bond donors (Lipinski definition) is 2. The van der Waals surface area contributed by atoms with Crippen LogP contribution >= 0.6 is 0 Å². The van der Waals surface area contributed by atoms with Gasteiger partial charge in [-0.2, -0.15) is 0 Å². The molecule has 0 fully saturated rings. The maximum Gasteiger partial charge on any atom is 0.319 e. The predicted molar refractivity (Wildman–Crippen MR) is 81.0 cm³/mol. The molecule has 20 heavy (non-hydrogen) atoms. The molecule has 0 radical (unpaired) electrons. The summed E-state index contributed by atoms with van der Waals surface area (Å²) >= 11 is 0. The highest BCUT2D eigenvalue weighted by molar-refractivity contribution is 5.89. The monoisotopic (exact) mass is 275 g/mol. The molecule has 5 nitrogen and oxygen atoms in total. The maximum absolute atomic E-state index is 11.6. The minimum atomic E-state index is -0.270. The molecule has 1 aromatic rings. The molecule has 2 amide bonds. The number of nitrogens with one attached hydrogen (secondary N) is 2. The average Bonchev–Trinajstić information content (AvgIpc) is 2.40. The van der Waals surface area contributed by atoms with Gasteiger partial charge in [-0.15, -0.1) is 0 Å². The molecule has 1 rings (SSSR count). The Kier molecular flexibility index (Phi) is 7.01. The number of carbonyl (C=O) groups is 1. The van der Waals surface area contributed by atoms with Gasteiger partial charge in [-0.25, -0.2) is 4.79 Å². The van der Waals surface area contributed by atoms with Gasteiger partial charge in [0.2, 0.25) is 0 Å². The fraction of sp³-hybridized carbons (Fsp3) is 0.400. The Labute approximate surface area is 120 Å². The van der Waals surface area contributed by atoms with E-state index in [4.69, 9.17) is 4.74 Å². The standard InChI is InChI=1S/C15H21N3O2/c1-4-20-14-9-7-13(8-10-14)17-15(19)16-11-5-6-12-18(2)3/h7-10H,4,11-12H2,1-3H3,(H2,16,17,19). The molecule has 0 aliphatic carbocycles. The third kappa shape index (κ3) is 6.66. The zero-order valence-electron chi connectivity index (χ0n) is 12.2. The lowest BCUT2D eigenvalue weighted by Gasteiger charge is -2.07. The van der Waals surface area contributed by atoms with Crippen molar-refractivity contribution in [2.24, 2.45) is 0 Å². The highest BCUT2D eigenvalue weighted by Gasteiger charge is 2.00. The van der Waals surface area contributed by atoms with Crippen molar-refractivity contribution in [1.82, 2.24) is 10.2 Å². The third-order valence-electron chi connectivity index (χ3n) is 2.28. The maximum atomic E-state index is 11.6. The molecule has 0 heterocycles. The molecule has 0 atom stereocenters. The number of amides is 2. The summed E-state index contributed by atoms with van der Waals surface area (Å²) in [5.41, 5.74) is 0.715. The summed E-state index contributed by atoms with van der Waals surface area (Å²) in [4.78, 5) is 13.6. The van der Waals surface area contributed by atoms with Crippen LogP contribution in [0, 0.1) is 11.8 Å². The number of nitrogens with zero attached hydrogens (tertiary/aromatic N) is 1. The van der Waals surface area contributed by atoms with E-state index in [1.54, 1.807) is 12.1 Å². The minimum absolute atomic E-state index is 0.270. The molecule has 108 valence electrons. The first-order valence-electron chi connectivity index (χ1n) is 6.50. The Bertz CT molecular complexity index is 472. The summed E-state index contributed by atoms with van der Waals surface area (Å²) in [5, 5.41) is 5.40. The van der Waals surface area contributed by atoms with Crippen LogP contribution in [0.1, 0.15) is 6.92 Å². The summed E-state index contributed by atoms with van der Waals surface area (Å²) in [6, 6.07) is 6.95. The summed E-state index contributed by atoms with van der Waals surface area (Å²) in [6.45, 7) is 3.56. The molecule has 0 aliphatic heterocycles.